The van der Waals surface area contributed by atoms with Crippen LogP contribution in [0.1, 0.15) is 45.7 Å². The summed E-state index contributed by atoms with van der Waals surface area (Å²) in [5.41, 5.74) is 3.36. The summed E-state index contributed by atoms with van der Waals surface area (Å²) in [7, 11) is 0. The fourth-order valence-corrected chi connectivity index (χ4v) is 3.24. The number of hydrogen-bond donors (Lipinski definition) is 0. The van der Waals surface area contributed by atoms with Gasteiger partial charge in [0, 0.05) is 5.02 Å². The molecule has 0 aliphatic carbocycles. The number of hydrogen-bond acceptors (Lipinski definition) is 2. The molecule has 112 valence electrons. The maximum absolute atomic E-state index is 12.7. The Kier molecular flexibility index (Phi) is 3.75. The molecule has 0 radical (unpaired) electrons. The summed E-state index contributed by atoms with van der Waals surface area (Å²) in [5, 5.41) is 0.589. The average molecular weight is 314 g/mol. The van der Waals surface area contributed by atoms with Gasteiger partial charge in [-0.2, -0.15) is 0 Å². The summed E-state index contributed by atoms with van der Waals surface area (Å²) in [6.45, 7) is 3.98. The topological polar surface area (TPSA) is 37.4 Å². The van der Waals surface area contributed by atoms with Crippen molar-refractivity contribution in [2.75, 3.05) is 4.90 Å². The van der Waals surface area contributed by atoms with E-state index in [0.717, 1.165) is 17.5 Å². The Morgan fingerprint density at radius 3 is 2.00 bits per heavy atom. The van der Waals surface area contributed by atoms with Crippen molar-refractivity contribution < 1.29 is 9.59 Å². The normalized spacial score (nSPS) is 13.7. The van der Waals surface area contributed by atoms with Gasteiger partial charge < -0.3 is 0 Å². The Bertz CT molecular complexity index is 748. The van der Waals surface area contributed by atoms with E-state index in [2.05, 4.69) is 0 Å². The molecule has 1 heterocycles. The molecule has 0 aromatic heterocycles. The van der Waals surface area contributed by atoms with E-state index in [1.807, 2.05) is 26.0 Å². The van der Waals surface area contributed by atoms with Gasteiger partial charge in [0.2, 0.25) is 0 Å². The smallest absolute Gasteiger partial charge is 0.266 e. The van der Waals surface area contributed by atoms with Crippen LogP contribution in [0.5, 0.6) is 0 Å². The fraction of sp³-hybridized carbons (Fsp3) is 0.222. The van der Waals surface area contributed by atoms with Crippen LogP contribution in [-0.2, 0) is 12.8 Å². The second kappa shape index (κ2) is 5.58. The molecule has 22 heavy (non-hydrogen) atoms. The van der Waals surface area contributed by atoms with E-state index in [-0.39, 0.29) is 11.8 Å². The molecule has 0 unspecified atom stereocenters. The van der Waals surface area contributed by atoms with Crippen LogP contribution in [0.3, 0.4) is 0 Å². The molecule has 0 fully saturated rings. The molecule has 1 aliphatic heterocycles. The maximum Gasteiger partial charge on any atom is 0.266 e. The van der Waals surface area contributed by atoms with Gasteiger partial charge in [0.1, 0.15) is 0 Å². The van der Waals surface area contributed by atoms with Crippen molar-refractivity contribution >= 4 is 29.1 Å². The van der Waals surface area contributed by atoms with Crippen molar-refractivity contribution in [3.63, 3.8) is 0 Å². The van der Waals surface area contributed by atoms with Crippen LogP contribution in [0.4, 0.5) is 5.69 Å². The molecule has 2 amide bonds. The average Bonchev–Trinajstić information content (AvgIpc) is 2.79. The SMILES string of the molecule is CCc1ccc(Cl)c(CC)c1N1C(=O)c2ccccc2C1=O. The van der Waals surface area contributed by atoms with Crippen molar-refractivity contribution in [2.24, 2.45) is 0 Å². The highest BCUT2D eigenvalue weighted by Crippen LogP contribution is 2.37. The third kappa shape index (κ3) is 2.04. The number of nitrogens with zero attached hydrogens (tertiary/aromatic N) is 1. The Morgan fingerprint density at radius 1 is 0.909 bits per heavy atom. The molecular formula is C18H16ClNO2. The van der Waals surface area contributed by atoms with Crippen LogP contribution in [0.25, 0.3) is 0 Å². The molecule has 0 bridgehead atoms. The molecule has 3 nitrogen and oxygen atoms in total. The van der Waals surface area contributed by atoms with Crippen molar-refractivity contribution in [3.05, 3.63) is 63.7 Å². The second-order valence-electron chi connectivity index (χ2n) is 5.23. The van der Waals surface area contributed by atoms with Crippen LogP contribution in [0.15, 0.2) is 36.4 Å². The van der Waals surface area contributed by atoms with Gasteiger partial charge >= 0.3 is 0 Å². The number of fused-ring (bicyclic) bond motifs is 1. The third-order valence-electron chi connectivity index (χ3n) is 4.06. The van der Waals surface area contributed by atoms with Crippen LogP contribution in [0, 0.1) is 0 Å². The highest BCUT2D eigenvalue weighted by Gasteiger charge is 2.38. The van der Waals surface area contributed by atoms with E-state index in [0.29, 0.717) is 28.3 Å². The van der Waals surface area contributed by atoms with Crippen molar-refractivity contribution in [3.8, 4) is 0 Å². The zero-order valence-corrected chi connectivity index (χ0v) is 13.3. The number of benzene rings is 2. The number of anilines is 1. The number of imide groups is 1. The molecule has 0 saturated heterocycles. The fourth-order valence-electron chi connectivity index (χ4n) is 2.95. The second-order valence-corrected chi connectivity index (χ2v) is 5.64. The molecule has 2 aromatic carbocycles. The van der Waals surface area contributed by atoms with Crippen molar-refractivity contribution in [2.45, 2.75) is 26.7 Å². The molecular weight excluding hydrogens is 298 g/mol. The maximum atomic E-state index is 12.7. The molecule has 0 saturated carbocycles. The first-order chi connectivity index (χ1) is 10.6. The van der Waals surface area contributed by atoms with Crippen LogP contribution in [0.2, 0.25) is 5.02 Å². The predicted molar refractivity (Wildman–Crippen MR) is 87.8 cm³/mol. The van der Waals surface area contributed by atoms with Crippen molar-refractivity contribution in [1.29, 1.82) is 0 Å². The van der Waals surface area contributed by atoms with Crippen molar-refractivity contribution in [1.82, 2.24) is 0 Å². The summed E-state index contributed by atoms with van der Waals surface area (Å²) < 4.78 is 0. The summed E-state index contributed by atoms with van der Waals surface area (Å²) in [6, 6.07) is 10.6. The Hall–Kier alpha value is -2.13. The largest absolute Gasteiger partial charge is 0.268 e. The summed E-state index contributed by atoms with van der Waals surface area (Å²) in [5.74, 6) is -0.542. The van der Waals surface area contributed by atoms with Gasteiger partial charge in [-0.05, 0) is 42.2 Å². The highest BCUT2D eigenvalue weighted by atomic mass is 35.5. The lowest BCUT2D eigenvalue weighted by Gasteiger charge is -2.22. The van der Waals surface area contributed by atoms with Gasteiger partial charge in [0.25, 0.3) is 11.8 Å². The number of carbonyl (C=O) groups excluding carboxylic acids is 2. The minimum absolute atomic E-state index is 0.271. The number of halogens is 1. The van der Waals surface area contributed by atoms with E-state index in [4.69, 9.17) is 11.6 Å². The Labute approximate surface area is 134 Å². The van der Waals surface area contributed by atoms with Crippen LogP contribution in [-0.4, -0.2) is 11.8 Å². The van der Waals surface area contributed by atoms with E-state index in [1.165, 1.54) is 4.90 Å². The number of carbonyl (C=O) groups is 2. The number of aryl methyl sites for hydroxylation is 1. The van der Waals surface area contributed by atoms with Gasteiger partial charge in [0.05, 0.1) is 16.8 Å². The molecule has 2 aromatic rings. The monoisotopic (exact) mass is 313 g/mol. The van der Waals surface area contributed by atoms with Gasteiger partial charge in [-0.25, -0.2) is 4.90 Å². The quantitative estimate of drug-likeness (QED) is 0.794. The van der Waals surface area contributed by atoms with Crippen LogP contribution >= 0.6 is 11.6 Å². The lowest BCUT2D eigenvalue weighted by atomic mass is 10.0. The van der Waals surface area contributed by atoms with Crippen LogP contribution < -0.4 is 4.90 Å². The molecule has 0 spiro atoms. The lowest BCUT2D eigenvalue weighted by molar-refractivity contribution is 0.0925. The van der Waals surface area contributed by atoms with E-state index in [1.54, 1.807) is 24.3 Å². The molecule has 3 rings (SSSR count). The number of rotatable bonds is 3. The molecule has 1 aliphatic rings. The highest BCUT2D eigenvalue weighted by molar-refractivity contribution is 6.36. The summed E-state index contributed by atoms with van der Waals surface area (Å²) in [4.78, 5) is 26.7. The van der Waals surface area contributed by atoms with Gasteiger partial charge in [-0.15, -0.1) is 0 Å². The minimum atomic E-state index is -0.271. The van der Waals surface area contributed by atoms with E-state index >= 15 is 0 Å². The summed E-state index contributed by atoms with van der Waals surface area (Å²) >= 11 is 6.29. The minimum Gasteiger partial charge on any atom is -0.268 e. The Morgan fingerprint density at radius 2 is 1.50 bits per heavy atom. The van der Waals surface area contributed by atoms with E-state index < -0.39 is 0 Å². The first-order valence-electron chi connectivity index (χ1n) is 7.38. The zero-order valence-electron chi connectivity index (χ0n) is 12.5. The molecule has 0 atom stereocenters. The first kappa shape index (κ1) is 14.8. The zero-order chi connectivity index (χ0) is 15.9. The lowest BCUT2D eigenvalue weighted by Crippen LogP contribution is -2.31. The summed E-state index contributed by atoms with van der Waals surface area (Å²) in [6.07, 6.45) is 1.39. The van der Waals surface area contributed by atoms with Gasteiger partial charge in [-0.1, -0.05) is 43.6 Å². The standard InChI is InChI=1S/C18H16ClNO2/c1-3-11-9-10-15(19)12(4-2)16(11)20-17(21)13-7-5-6-8-14(13)18(20)22/h5-10H,3-4H2,1-2H3. The molecule has 4 heteroatoms. The predicted octanol–water partition coefficient (Wildman–Crippen LogP) is 4.27. The Balaban J connectivity index is 2.24. The number of amides is 2. The van der Waals surface area contributed by atoms with Gasteiger partial charge in [0.15, 0.2) is 0 Å². The third-order valence-corrected chi connectivity index (χ3v) is 4.42. The van der Waals surface area contributed by atoms with Gasteiger partial charge in [-0.3, -0.25) is 9.59 Å². The molecule has 0 N–H and O–H groups in total. The van der Waals surface area contributed by atoms with E-state index in [9.17, 15) is 9.59 Å². The first-order valence-corrected chi connectivity index (χ1v) is 7.76.